The van der Waals surface area contributed by atoms with Gasteiger partial charge in [-0.3, -0.25) is 4.99 Å². The summed E-state index contributed by atoms with van der Waals surface area (Å²) in [5.74, 6) is 1.93. The van der Waals surface area contributed by atoms with E-state index in [1.54, 1.807) is 0 Å². The maximum atomic E-state index is 4.49. The normalized spacial score (nSPS) is 19.8. The Morgan fingerprint density at radius 2 is 1.86 bits per heavy atom. The van der Waals surface area contributed by atoms with E-state index in [1.807, 2.05) is 11.8 Å². The zero-order chi connectivity index (χ0) is 14.1. The van der Waals surface area contributed by atoms with Crippen molar-refractivity contribution >= 4 is 17.7 Å². The third kappa shape index (κ3) is 2.40. The molecule has 0 radical (unpaired) electrons. The highest BCUT2D eigenvalue weighted by molar-refractivity contribution is 7.98. The average Bonchev–Trinajstić information content (AvgIpc) is 2.99. The van der Waals surface area contributed by atoms with Crippen molar-refractivity contribution < 1.29 is 0 Å². The number of benzene rings is 2. The van der Waals surface area contributed by atoms with Crippen molar-refractivity contribution in [1.82, 2.24) is 10.6 Å². The number of hydrogen-bond donors (Lipinski definition) is 2. The summed E-state index contributed by atoms with van der Waals surface area (Å²) in [6.45, 7) is 1.78. The second kappa shape index (κ2) is 5.45. The van der Waals surface area contributed by atoms with E-state index in [0.29, 0.717) is 0 Å². The standard InChI is InChI=1S/C17H17N3S/c1-2-6-13-12(5-1)11-21-15-8-4-3-7-14(15)16(13)20-17-18-9-10-19-17/h1-8,16H,9-11H2,(H2,18,19,20)/t16-/m1/s1. The van der Waals surface area contributed by atoms with E-state index >= 15 is 0 Å². The van der Waals surface area contributed by atoms with Crippen LogP contribution in [0.2, 0.25) is 0 Å². The Hall–Kier alpha value is -1.94. The van der Waals surface area contributed by atoms with Gasteiger partial charge >= 0.3 is 0 Å². The van der Waals surface area contributed by atoms with Crippen LogP contribution in [0.5, 0.6) is 0 Å². The molecule has 21 heavy (non-hydrogen) atoms. The molecule has 0 fully saturated rings. The Kier molecular flexibility index (Phi) is 3.31. The summed E-state index contributed by atoms with van der Waals surface area (Å²) in [5, 5.41) is 6.91. The minimum absolute atomic E-state index is 0.164. The summed E-state index contributed by atoms with van der Waals surface area (Å²) in [4.78, 5) is 5.85. The lowest BCUT2D eigenvalue weighted by molar-refractivity contribution is 0.728. The van der Waals surface area contributed by atoms with Crippen molar-refractivity contribution in [3.8, 4) is 0 Å². The quantitative estimate of drug-likeness (QED) is 0.849. The number of fused-ring (bicyclic) bond motifs is 2. The van der Waals surface area contributed by atoms with Gasteiger partial charge in [-0.2, -0.15) is 0 Å². The van der Waals surface area contributed by atoms with Crippen LogP contribution < -0.4 is 10.6 Å². The van der Waals surface area contributed by atoms with Crippen LogP contribution in [0.1, 0.15) is 22.7 Å². The topological polar surface area (TPSA) is 36.4 Å². The third-order valence-electron chi connectivity index (χ3n) is 3.93. The minimum Gasteiger partial charge on any atom is -0.355 e. The maximum absolute atomic E-state index is 4.49. The first-order chi connectivity index (χ1) is 10.4. The van der Waals surface area contributed by atoms with Crippen molar-refractivity contribution in [2.75, 3.05) is 13.1 Å². The van der Waals surface area contributed by atoms with Crippen LogP contribution in [0.3, 0.4) is 0 Å². The number of hydrogen-bond acceptors (Lipinski definition) is 4. The second-order valence-corrected chi connectivity index (χ2v) is 6.28. The molecule has 2 N–H and O–H groups in total. The summed E-state index contributed by atoms with van der Waals surface area (Å²) in [6, 6.07) is 17.5. The highest BCUT2D eigenvalue weighted by Gasteiger charge is 2.24. The number of thioether (sulfide) groups is 1. The highest BCUT2D eigenvalue weighted by Crippen LogP contribution is 2.39. The molecule has 2 aromatic rings. The van der Waals surface area contributed by atoms with Crippen LogP contribution >= 0.6 is 11.8 Å². The number of aliphatic imine (C=N–C) groups is 1. The van der Waals surface area contributed by atoms with Gasteiger partial charge in [-0.15, -0.1) is 11.8 Å². The SMILES string of the molecule is c1ccc2c(c1)CSc1ccccc1[C@@H]2NC1=NCCN1. The molecule has 3 nitrogen and oxygen atoms in total. The molecule has 1 atom stereocenters. The van der Waals surface area contributed by atoms with Crippen molar-refractivity contribution in [1.29, 1.82) is 0 Å². The summed E-state index contributed by atoms with van der Waals surface area (Å²) in [7, 11) is 0. The fraction of sp³-hybridized carbons (Fsp3) is 0.235. The Morgan fingerprint density at radius 1 is 1.05 bits per heavy atom. The predicted molar refractivity (Wildman–Crippen MR) is 87.7 cm³/mol. The number of nitrogens with zero attached hydrogens (tertiary/aromatic N) is 1. The minimum atomic E-state index is 0.164. The van der Waals surface area contributed by atoms with Gasteiger partial charge in [-0.05, 0) is 22.8 Å². The molecule has 2 aliphatic heterocycles. The van der Waals surface area contributed by atoms with Crippen LogP contribution in [0.15, 0.2) is 58.4 Å². The van der Waals surface area contributed by atoms with E-state index in [2.05, 4.69) is 64.2 Å². The average molecular weight is 295 g/mol. The van der Waals surface area contributed by atoms with Gasteiger partial charge in [0, 0.05) is 17.2 Å². The number of guanidine groups is 1. The largest absolute Gasteiger partial charge is 0.355 e. The van der Waals surface area contributed by atoms with Gasteiger partial charge in [0.2, 0.25) is 0 Å². The van der Waals surface area contributed by atoms with E-state index in [9.17, 15) is 0 Å². The molecule has 4 rings (SSSR count). The second-order valence-electron chi connectivity index (χ2n) is 5.26. The van der Waals surface area contributed by atoms with Crippen LogP contribution in [0, 0.1) is 0 Å². The van der Waals surface area contributed by atoms with Gasteiger partial charge in [-0.25, -0.2) is 0 Å². The van der Waals surface area contributed by atoms with E-state index in [-0.39, 0.29) is 6.04 Å². The van der Waals surface area contributed by atoms with Crippen molar-refractivity contribution in [3.63, 3.8) is 0 Å². The monoisotopic (exact) mass is 295 g/mol. The van der Waals surface area contributed by atoms with Crippen LogP contribution in [0.4, 0.5) is 0 Å². The van der Waals surface area contributed by atoms with Crippen molar-refractivity contribution in [3.05, 3.63) is 65.2 Å². The van der Waals surface area contributed by atoms with Gasteiger partial charge in [0.05, 0.1) is 12.6 Å². The summed E-state index contributed by atoms with van der Waals surface area (Å²) < 4.78 is 0. The first-order valence-corrected chi connectivity index (χ1v) is 8.25. The Bertz CT molecular complexity index is 648. The molecule has 0 saturated carbocycles. The lowest BCUT2D eigenvalue weighted by atomic mass is 9.95. The Morgan fingerprint density at radius 3 is 2.71 bits per heavy atom. The first kappa shape index (κ1) is 12.8. The molecule has 0 unspecified atom stereocenters. The zero-order valence-electron chi connectivity index (χ0n) is 11.7. The molecule has 0 amide bonds. The van der Waals surface area contributed by atoms with Crippen LogP contribution in [-0.2, 0) is 5.75 Å². The van der Waals surface area contributed by atoms with E-state index in [0.717, 1.165) is 24.8 Å². The number of nitrogens with one attached hydrogen (secondary N) is 2. The van der Waals surface area contributed by atoms with Crippen LogP contribution in [-0.4, -0.2) is 19.0 Å². The molecular formula is C17H17N3S. The molecule has 4 heteroatoms. The van der Waals surface area contributed by atoms with Gasteiger partial charge in [0.1, 0.15) is 0 Å². The molecule has 0 bridgehead atoms. The zero-order valence-corrected chi connectivity index (χ0v) is 12.5. The Labute approximate surface area is 128 Å². The van der Waals surface area contributed by atoms with Gasteiger partial charge in [0.15, 0.2) is 5.96 Å². The smallest absolute Gasteiger partial charge is 0.192 e. The van der Waals surface area contributed by atoms with E-state index in [4.69, 9.17) is 0 Å². The lowest BCUT2D eigenvalue weighted by Crippen LogP contribution is -2.37. The van der Waals surface area contributed by atoms with Crippen LogP contribution in [0.25, 0.3) is 0 Å². The molecule has 0 saturated heterocycles. The van der Waals surface area contributed by atoms with E-state index < -0.39 is 0 Å². The highest BCUT2D eigenvalue weighted by atomic mass is 32.2. The molecule has 2 aromatic carbocycles. The van der Waals surface area contributed by atoms with Crippen molar-refractivity contribution in [2.24, 2.45) is 4.99 Å². The predicted octanol–water partition coefficient (Wildman–Crippen LogP) is 2.93. The van der Waals surface area contributed by atoms with Crippen molar-refractivity contribution in [2.45, 2.75) is 16.7 Å². The molecule has 0 aromatic heterocycles. The lowest BCUT2D eigenvalue weighted by Gasteiger charge is -2.22. The summed E-state index contributed by atoms with van der Waals surface area (Å²) >= 11 is 1.91. The van der Waals surface area contributed by atoms with E-state index in [1.165, 1.54) is 21.6 Å². The fourth-order valence-corrected chi connectivity index (χ4v) is 4.01. The van der Waals surface area contributed by atoms with Gasteiger partial charge < -0.3 is 10.6 Å². The first-order valence-electron chi connectivity index (χ1n) is 7.26. The molecule has 0 spiro atoms. The van der Waals surface area contributed by atoms with Gasteiger partial charge in [0.25, 0.3) is 0 Å². The molecular weight excluding hydrogens is 278 g/mol. The molecule has 2 heterocycles. The third-order valence-corrected chi connectivity index (χ3v) is 5.07. The maximum Gasteiger partial charge on any atom is 0.192 e. The number of rotatable bonds is 1. The fourth-order valence-electron chi connectivity index (χ4n) is 2.91. The van der Waals surface area contributed by atoms with Gasteiger partial charge in [-0.1, -0.05) is 42.5 Å². The molecule has 106 valence electrons. The molecule has 2 aliphatic rings. The summed E-state index contributed by atoms with van der Waals surface area (Å²) in [6.07, 6.45) is 0. The molecule has 0 aliphatic carbocycles. The Balaban J connectivity index is 1.81. The summed E-state index contributed by atoms with van der Waals surface area (Å²) in [5.41, 5.74) is 4.09.